The van der Waals surface area contributed by atoms with Gasteiger partial charge < -0.3 is 4.74 Å². The van der Waals surface area contributed by atoms with Gasteiger partial charge in [-0.1, -0.05) is 56.3 Å². The number of rotatable bonds is 7. The van der Waals surface area contributed by atoms with Crippen LogP contribution in [0.25, 0.3) is 0 Å². The Kier molecular flexibility index (Phi) is 6.02. The topological polar surface area (TPSA) is 26.3 Å². The van der Waals surface area contributed by atoms with Crippen LogP contribution in [-0.2, 0) is 6.42 Å². The fraction of sp³-hybridized carbons (Fsp3) is 0.316. The highest BCUT2D eigenvalue weighted by Gasteiger charge is 2.17. The standard InChI is InChI=1S/C19H21ClO2/c1-14(2)13-22-17-10-8-15(9-11-17)12-18(20)19(21)16-6-4-3-5-7-16/h3-11,14,18H,12-13H2,1-2H3. The van der Waals surface area contributed by atoms with Crippen LogP contribution in [0.2, 0.25) is 0 Å². The Hall–Kier alpha value is -1.80. The summed E-state index contributed by atoms with van der Waals surface area (Å²) in [6.45, 7) is 4.92. The second-order valence-electron chi connectivity index (χ2n) is 5.75. The molecule has 0 radical (unpaired) electrons. The van der Waals surface area contributed by atoms with E-state index in [1.807, 2.05) is 42.5 Å². The Morgan fingerprint density at radius 2 is 1.68 bits per heavy atom. The third-order valence-electron chi connectivity index (χ3n) is 3.26. The summed E-state index contributed by atoms with van der Waals surface area (Å²) in [6, 6.07) is 16.9. The molecule has 0 spiro atoms. The third kappa shape index (κ3) is 4.88. The van der Waals surface area contributed by atoms with Crippen molar-refractivity contribution in [2.24, 2.45) is 5.92 Å². The summed E-state index contributed by atoms with van der Waals surface area (Å²) in [5.41, 5.74) is 1.68. The zero-order chi connectivity index (χ0) is 15.9. The van der Waals surface area contributed by atoms with Gasteiger partial charge in [0.2, 0.25) is 0 Å². The Morgan fingerprint density at radius 3 is 2.27 bits per heavy atom. The first-order valence-corrected chi connectivity index (χ1v) is 7.95. The molecule has 116 valence electrons. The monoisotopic (exact) mass is 316 g/mol. The predicted molar refractivity (Wildman–Crippen MR) is 90.9 cm³/mol. The lowest BCUT2D eigenvalue weighted by molar-refractivity contribution is 0.0986. The molecule has 0 bridgehead atoms. The zero-order valence-electron chi connectivity index (χ0n) is 13.0. The molecule has 0 aliphatic rings. The van der Waals surface area contributed by atoms with Crippen molar-refractivity contribution in [1.82, 2.24) is 0 Å². The quantitative estimate of drug-likeness (QED) is 0.544. The normalized spacial score (nSPS) is 12.2. The number of Topliss-reactive ketones (excluding diaryl/α,β-unsaturated/α-hetero) is 1. The van der Waals surface area contributed by atoms with Gasteiger partial charge in [0.1, 0.15) is 11.1 Å². The van der Waals surface area contributed by atoms with E-state index in [0.717, 1.165) is 11.3 Å². The van der Waals surface area contributed by atoms with Gasteiger partial charge in [-0.05, 0) is 30.0 Å². The summed E-state index contributed by atoms with van der Waals surface area (Å²) >= 11 is 6.26. The van der Waals surface area contributed by atoms with Crippen molar-refractivity contribution < 1.29 is 9.53 Å². The summed E-state index contributed by atoms with van der Waals surface area (Å²) in [6.07, 6.45) is 0.514. The summed E-state index contributed by atoms with van der Waals surface area (Å²) in [7, 11) is 0. The van der Waals surface area contributed by atoms with Crippen molar-refractivity contribution >= 4 is 17.4 Å². The molecule has 0 aliphatic carbocycles. The van der Waals surface area contributed by atoms with Crippen LogP contribution >= 0.6 is 11.6 Å². The summed E-state index contributed by atoms with van der Waals surface area (Å²) in [4.78, 5) is 12.2. The minimum atomic E-state index is -0.551. The van der Waals surface area contributed by atoms with Gasteiger partial charge in [-0.15, -0.1) is 11.6 Å². The molecule has 0 heterocycles. The summed E-state index contributed by atoms with van der Waals surface area (Å²) < 4.78 is 5.64. The fourth-order valence-electron chi connectivity index (χ4n) is 2.07. The molecule has 0 aliphatic heterocycles. The van der Waals surface area contributed by atoms with E-state index in [9.17, 15) is 4.79 Å². The molecule has 2 nitrogen and oxygen atoms in total. The van der Waals surface area contributed by atoms with E-state index in [4.69, 9.17) is 16.3 Å². The van der Waals surface area contributed by atoms with Gasteiger partial charge in [0.05, 0.1) is 6.61 Å². The van der Waals surface area contributed by atoms with Gasteiger partial charge >= 0.3 is 0 Å². The molecule has 0 saturated heterocycles. The van der Waals surface area contributed by atoms with Crippen molar-refractivity contribution in [2.45, 2.75) is 25.6 Å². The Bertz CT molecular complexity index is 591. The molecule has 0 saturated carbocycles. The van der Waals surface area contributed by atoms with Crippen molar-refractivity contribution in [3.63, 3.8) is 0 Å². The average Bonchev–Trinajstić information content (AvgIpc) is 2.54. The molecule has 2 aromatic carbocycles. The SMILES string of the molecule is CC(C)COc1ccc(CC(Cl)C(=O)c2ccccc2)cc1. The minimum Gasteiger partial charge on any atom is -0.493 e. The molecular weight excluding hydrogens is 296 g/mol. The molecular formula is C19H21ClO2. The molecule has 3 heteroatoms. The molecule has 0 amide bonds. The summed E-state index contributed by atoms with van der Waals surface area (Å²) in [5.74, 6) is 1.30. The lowest BCUT2D eigenvalue weighted by Crippen LogP contribution is -2.17. The minimum absolute atomic E-state index is 0.0394. The lowest BCUT2D eigenvalue weighted by Gasteiger charge is -2.11. The van der Waals surface area contributed by atoms with E-state index in [2.05, 4.69) is 13.8 Å². The van der Waals surface area contributed by atoms with Gasteiger partial charge in [0, 0.05) is 5.56 Å². The van der Waals surface area contributed by atoms with Gasteiger partial charge in [0.25, 0.3) is 0 Å². The van der Waals surface area contributed by atoms with Crippen molar-refractivity contribution in [3.05, 3.63) is 65.7 Å². The molecule has 2 rings (SSSR count). The third-order valence-corrected chi connectivity index (χ3v) is 3.62. The van der Waals surface area contributed by atoms with Gasteiger partial charge in [0.15, 0.2) is 5.78 Å². The van der Waals surface area contributed by atoms with Crippen LogP contribution in [0.4, 0.5) is 0 Å². The Morgan fingerprint density at radius 1 is 1.05 bits per heavy atom. The maximum absolute atomic E-state index is 12.2. The van der Waals surface area contributed by atoms with Crippen molar-refractivity contribution in [1.29, 1.82) is 0 Å². The first-order chi connectivity index (χ1) is 10.6. The van der Waals surface area contributed by atoms with E-state index in [1.54, 1.807) is 12.1 Å². The van der Waals surface area contributed by atoms with Crippen LogP contribution in [0, 0.1) is 5.92 Å². The molecule has 2 aromatic rings. The maximum Gasteiger partial charge on any atom is 0.180 e. The van der Waals surface area contributed by atoms with E-state index in [-0.39, 0.29) is 5.78 Å². The van der Waals surface area contributed by atoms with Crippen LogP contribution in [0.1, 0.15) is 29.8 Å². The number of halogens is 1. The lowest BCUT2D eigenvalue weighted by atomic mass is 10.0. The maximum atomic E-state index is 12.2. The van der Waals surface area contributed by atoms with E-state index in [0.29, 0.717) is 24.5 Å². The Balaban J connectivity index is 1.94. The van der Waals surface area contributed by atoms with Crippen LogP contribution < -0.4 is 4.74 Å². The van der Waals surface area contributed by atoms with Crippen molar-refractivity contribution in [3.8, 4) is 5.75 Å². The predicted octanol–water partition coefficient (Wildman–Crippen LogP) is 4.75. The van der Waals surface area contributed by atoms with Crippen LogP contribution in [0.3, 0.4) is 0 Å². The highest BCUT2D eigenvalue weighted by atomic mass is 35.5. The molecule has 0 N–H and O–H groups in total. The number of carbonyl (C=O) groups excluding carboxylic acids is 1. The molecule has 1 atom stereocenters. The number of alkyl halides is 1. The van der Waals surface area contributed by atoms with Crippen LogP contribution in [0.15, 0.2) is 54.6 Å². The largest absolute Gasteiger partial charge is 0.493 e. The van der Waals surface area contributed by atoms with E-state index in [1.165, 1.54) is 0 Å². The van der Waals surface area contributed by atoms with E-state index < -0.39 is 5.38 Å². The molecule has 0 fully saturated rings. The molecule has 1 unspecified atom stereocenters. The molecule has 22 heavy (non-hydrogen) atoms. The number of ether oxygens (including phenoxy) is 1. The fourth-order valence-corrected chi connectivity index (χ4v) is 2.37. The second-order valence-corrected chi connectivity index (χ2v) is 6.28. The zero-order valence-corrected chi connectivity index (χ0v) is 13.7. The van der Waals surface area contributed by atoms with Gasteiger partial charge in [-0.25, -0.2) is 0 Å². The van der Waals surface area contributed by atoms with Gasteiger partial charge in [-0.2, -0.15) is 0 Å². The first-order valence-electron chi connectivity index (χ1n) is 7.51. The highest BCUT2D eigenvalue weighted by molar-refractivity contribution is 6.34. The van der Waals surface area contributed by atoms with Crippen LogP contribution in [-0.4, -0.2) is 17.8 Å². The smallest absolute Gasteiger partial charge is 0.180 e. The molecule has 0 aromatic heterocycles. The number of hydrogen-bond donors (Lipinski definition) is 0. The Labute approximate surface area is 137 Å². The second kappa shape index (κ2) is 8.00. The summed E-state index contributed by atoms with van der Waals surface area (Å²) in [5, 5.41) is -0.551. The first kappa shape index (κ1) is 16.6. The number of hydrogen-bond acceptors (Lipinski definition) is 2. The number of carbonyl (C=O) groups is 1. The highest BCUT2D eigenvalue weighted by Crippen LogP contribution is 2.18. The number of benzene rings is 2. The van der Waals surface area contributed by atoms with Crippen molar-refractivity contribution in [2.75, 3.05) is 6.61 Å². The average molecular weight is 317 g/mol. The number of ketones is 1. The van der Waals surface area contributed by atoms with Gasteiger partial charge in [-0.3, -0.25) is 4.79 Å². The van der Waals surface area contributed by atoms with E-state index >= 15 is 0 Å². The van der Waals surface area contributed by atoms with Crippen LogP contribution in [0.5, 0.6) is 5.75 Å².